The van der Waals surface area contributed by atoms with Gasteiger partial charge in [0.25, 0.3) is 0 Å². The van der Waals surface area contributed by atoms with Gasteiger partial charge >= 0.3 is 17.8 Å². The van der Waals surface area contributed by atoms with Crippen molar-refractivity contribution in [1.82, 2.24) is 19.4 Å². The van der Waals surface area contributed by atoms with Crippen molar-refractivity contribution in [2.24, 2.45) is 0 Å². The topological polar surface area (TPSA) is 113 Å². The van der Waals surface area contributed by atoms with Crippen LogP contribution in [0, 0.1) is 10.1 Å². The summed E-state index contributed by atoms with van der Waals surface area (Å²) in [6, 6.07) is 11.5. The fraction of sp³-hybridized carbons (Fsp3) is 0.318. The molecular weight excluding hydrogens is 414 g/mol. The van der Waals surface area contributed by atoms with Gasteiger partial charge in [0, 0.05) is 42.9 Å². The molecule has 0 radical (unpaired) electrons. The summed E-state index contributed by atoms with van der Waals surface area (Å²) in [7, 11) is 0. The summed E-state index contributed by atoms with van der Waals surface area (Å²) in [6.07, 6.45) is 3.17. The Kier molecular flexibility index (Phi) is 6.41. The first-order valence-electron chi connectivity index (χ1n) is 10.3. The van der Waals surface area contributed by atoms with Gasteiger partial charge in [-0.15, -0.1) is 0 Å². The number of aromatic nitrogens is 3. The van der Waals surface area contributed by atoms with E-state index < -0.39 is 4.92 Å². The summed E-state index contributed by atoms with van der Waals surface area (Å²) in [4.78, 5) is 32.9. The molecule has 0 atom stereocenters. The van der Waals surface area contributed by atoms with E-state index in [1.54, 1.807) is 29.8 Å². The number of rotatable bonds is 6. The fourth-order valence-corrected chi connectivity index (χ4v) is 3.51. The zero-order valence-corrected chi connectivity index (χ0v) is 17.6. The van der Waals surface area contributed by atoms with Gasteiger partial charge in [0.1, 0.15) is 12.8 Å². The molecule has 0 saturated carbocycles. The number of benzene rings is 1. The third-order valence-electron chi connectivity index (χ3n) is 5.13. The molecule has 0 unspecified atom stereocenters. The second-order valence-corrected chi connectivity index (χ2v) is 7.30. The molecule has 0 bridgehead atoms. The van der Waals surface area contributed by atoms with E-state index in [9.17, 15) is 14.9 Å². The van der Waals surface area contributed by atoms with Crippen LogP contribution in [0.15, 0.2) is 48.8 Å². The number of nitrogens with zero attached hydrogens (tertiary/aromatic N) is 5. The maximum Gasteiger partial charge on any atom is 0.414 e. The van der Waals surface area contributed by atoms with Gasteiger partial charge in [0.15, 0.2) is 0 Å². The molecule has 166 valence electrons. The Labute approximate surface area is 184 Å². The first-order chi connectivity index (χ1) is 15.5. The Balaban J connectivity index is 1.43. The van der Waals surface area contributed by atoms with E-state index in [1.807, 2.05) is 24.3 Å². The highest BCUT2D eigenvalue weighted by Crippen LogP contribution is 2.22. The largest absolute Gasteiger partial charge is 0.462 e. The number of fused-ring (bicyclic) bond motifs is 1. The molecule has 1 aliphatic rings. The monoisotopic (exact) mass is 437 g/mol. The van der Waals surface area contributed by atoms with E-state index in [-0.39, 0.29) is 17.8 Å². The number of ether oxygens (including phenoxy) is 2. The highest BCUT2D eigenvalue weighted by Gasteiger charge is 2.23. The number of carbonyl (C=O) groups excluding carboxylic acids is 1. The molecule has 10 heteroatoms. The summed E-state index contributed by atoms with van der Waals surface area (Å²) >= 11 is 0. The van der Waals surface area contributed by atoms with E-state index >= 15 is 0 Å². The van der Waals surface area contributed by atoms with Crippen molar-refractivity contribution in [1.29, 1.82) is 0 Å². The van der Waals surface area contributed by atoms with E-state index in [0.29, 0.717) is 45.0 Å². The van der Waals surface area contributed by atoms with Crippen molar-refractivity contribution in [2.75, 3.05) is 26.3 Å². The van der Waals surface area contributed by atoms with Gasteiger partial charge in [0.05, 0.1) is 17.9 Å². The minimum absolute atomic E-state index is 0.207. The summed E-state index contributed by atoms with van der Waals surface area (Å²) < 4.78 is 12.3. The SMILES string of the molecule is CCOC(=O)c1ccc(-c2cc(CN3CCOc4nc([N+](=O)[O-])cn4CC3)ccn2)cc1. The predicted octanol–water partition coefficient (Wildman–Crippen LogP) is 2.92. The maximum absolute atomic E-state index is 11.8. The molecule has 0 amide bonds. The van der Waals surface area contributed by atoms with Crippen molar-refractivity contribution < 1.29 is 19.2 Å². The van der Waals surface area contributed by atoms with Gasteiger partial charge in [-0.1, -0.05) is 12.1 Å². The lowest BCUT2D eigenvalue weighted by Crippen LogP contribution is -2.33. The van der Waals surface area contributed by atoms with E-state index in [1.165, 1.54) is 6.20 Å². The van der Waals surface area contributed by atoms with Gasteiger partial charge in [-0.3, -0.25) is 14.5 Å². The molecule has 0 aliphatic carbocycles. The summed E-state index contributed by atoms with van der Waals surface area (Å²) in [6.45, 7) is 5.11. The zero-order valence-electron chi connectivity index (χ0n) is 17.6. The van der Waals surface area contributed by atoms with Crippen LogP contribution in [-0.4, -0.2) is 56.6 Å². The summed E-state index contributed by atoms with van der Waals surface area (Å²) in [5, 5.41) is 11.0. The van der Waals surface area contributed by atoms with Crippen LogP contribution < -0.4 is 4.74 Å². The van der Waals surface area contributed by atoms with Crippen LogP contribution in [-0.2, 0) is 17.8 Å². The highest BCUT2D eigenvalue weighted by atomic mass is 16.6. The third kappa shape index (κ3) is 4.92. The normalized spacial score (nSPS) is 14.0. The van der Waals surface area contributed by atoms with Gasteiger partial charge in [0.2, 0.25) is 0 Å². The number of pyridine rings is 1. The van der Waals surface area contributed by atoms with Crippen molar-refractivity contribution in [3.8, 4) is 17.3 Å². The van der Waals surface area contributed by atoms with E-state index in [0.717, 1.165) is 16.8 Å². The first-order valence-corrected chi connectivity index (χ1v) is 10.3. The average Bonchev–Trinajstić information content (AvgIpc) is 3.19. The molecular formula is C22H23N5O5. The smallest absolute Gasteiger partial charge is 0.414 e. The van der Waals surface area contributed by atoms with Crippen LogP contribution >= 0.6 is 0 Å². The Morgan fingerprint density at radius 3 is 2.78 bits per heavy atom. The molecule has 3 heterocycles. The van der Waals surface area contributed by atoms with Crippen LogP contribution in [0.3, 0.4) is 0 Å². The maximum atomic E-state index is 11.8. The highest BCUT2D eigenvalue weighted by molar-refractivity contribution is 5.90. The second-order valence-electron chi connectivity index (χ2n) is 7.30. The molecule has 4 rings (SSSR count). The third-order valence-corrected chi connectivity index (χ3v) is 5.13. The first kappa shape index (κ1) is 21.4. The number of imidazole rings is 1. The van der Waals surface area contributed by atoms with Crippen LogP contribution in [0.1, 0.15) is 22.8 Å². The quantitative estimate of drug-likeness (QED) is 0.329. The van der Waals surface area contributed by atoms with Crippen molar-refractivity contribution >= 4 is 11.8 Å². The minimum atomic E-state index is -0.517. The van der Waals surface area contributed by atoms with E-state index in [4.69, 9.17) is 9.47 Å². The molecule has 1 aliphatic heterocycles. The fourth-order valence-electron chi connectivity index (χ4n) is 3.51. The average molecular weight is 437 g/mol. The summed E-state index contributed by atoms with van der Waals surface area (Å²) in [5.74, 6) is -0.548. The number of nitro groups is 1. The molecule has 2 aromatic heterocycles. The lowest BCUT2D eigenvalue weighted by atomic mass is 10.1. The Morgan fingerprint density at radius 1 is 1.22 bits per heavy atom. The van der Waals surface area contributed by atoms with Gasteiger partial charge < -0.3 is 19.6 Å². The van der Waals surface area contributed by atoms with Crippen LogP contribution in [0.5, 0.6) is 6.01 Å². The van der Waals surface area contributed by atoms with Crippen LogP contribution in [0.4, 0.5) is 5.82 Å². The molecule has 0 spiro atoms. The second kappa shape index (κ2) is 9.56. The van der Waals surface area contributed by atoms with Crippen LogP contribution in [0.2, 0.25) is 0 Å². The summed E-state index contributed by atoms with van der Waals surface area (Å²) in [5.41, 5.74) is 3.31. The molecule has 32 heavy (non-hydrogen) atoms. The van der Waals surface area contributed by atoms with Crippen molar-refractivity contribution in [3.63, 3.8) is 0 Å². The number of esters is 1. The van der Waals surface area contributed by atoms with Gasteiger partial charge in [-0.25, -0.2) is 4.79 Å². The molecule has 3 aromatic rings. The zero-order chi connectivity index (χ0) is 22.5. The van der Waals surface area contributed by atoms with Gasteiger partial charge in [-0.2, -0.15) is 0 Å². The minimum Gasteiger partial charge on any atom is -0.462 e. The lowest BCUT2D eigenvalue weighted by molar-refractivity contribution is -0.389. The van der Waals surface area contributed by atoms with E-state index in [2.05, 4.69) is 14.9 Å². The molecule has 10 nitrogen and oxygen atoms in total. The molecule has 0 N–H and O–H groups in total. The molecule has 0 fully saturated rings. The van der Waals surface area contributed by atoms with Crippen molar-refractivity contribution in [3.05, 3.63) is 70.0 Å². The molecule has 0 saturated heterocycles. The Morgan fingerprint density at radius 2 is 2.03 bits per heavy atom. The number of carbonyl (C=O) groups is 1. The van der Waals surface area contributed by atoms with Gasteiger partial charge in [-0.05, 0) is 41.7 Å². The van der Waals surface area contributed by atoms with Crippen LogP contribution in [0.25, 0.3) is 11.3 Å². The number of hydrogen-bond donors (Lipinski definition) is 0. The molecule has 1 aromatic carbocycles. The Bertz CT molecular complexity index is 1110. The lowest BCUT2D eigenvalue weighted by Gasteiger charge is -2.24. The predicted molar refractivity (Wildman–Crippen MR) is 115 cm³/mol. The Hall–Kier alpha value is -3.79. The van der Waals surface area contributed by atoms with Crippen molar-refractivity contribution in [2.45, 2.75) is 20.0 Å². The standard InChI is InChI=1S/C22H23N5O5/c1-2-31-21(28)18-5-3-17(4-6-18)19-13-16(7-8-23-19)14-25-9-10-26-15-20(27(29)30)24-22(26)32-12-11-25/h3-8,13,15H,2,9-12,14H2,1H3. The number of hydrogen-bond acceptors (Lipinski definition) is 8.